The number of amides is 2. The number of fused-ring (bicyclic) bond motifs is 1. The maximum atomic E-state index is 13.2. The van der Waals surface area contributed by atoms with Crippen molar-refractivity contribution in [3.63, 3.8) is 0 Å². The minimum absolute atomic E-state index is 0.0519. The molecule has 1 aromatic heterocycles. The predicted octanol–water partition coefficient (Wildman–Crippen LogP) is 4.84. The lowest BCUT2D eigenvalue weighted by molar-refractivity contribution is 0.0722. The van der Waals surface area contributed by atoms with E-state index in [1.165, 1.54) is 0 Å². The van der Waals surface area contributed by atoms with Gasteiger partial charge in [-0.2, -0.15) is 0 Å². The Bertz CT molecular complexity index is 1300. The highest BCUT2D eigenvalue weighted by Gasteiger charge is 2.23. The minimum Gasteiger partial charge on any atom is -0.349 e. The normalized spacial score (nSPS) is 11.9. The van der Waals surface area contributed by atoms with E-state index in [2.05, 4.69) is 38.4 Å². The number of carbonyl (C=O) groups is 2. The van der Waals surface area contributed by atoms with Crippen LogP contribution in [0, 0.1) is 0 Å². The summed E-state index contributed by atoms with van der Waals surface area (Å²) in [6, 6.07) is 25.1. The van der Waals surface area contributed by atoms with E-state index in [1.807, 2.05) is 80.8 Å². The van der Waals surface area contributed by atoms with Gasteiger partial charge in [-0.3, -0.25) is 9.59 Å². The Morgan fingerprint density at radius 3 is 2.50 bits per heavy atom. The van der Waals surface area contributed by atoms with Crippen molar-refractivity contribution in [3.05, 3.63) is 100 Å². The van der Waals surface area contributed by atoms with Gasteiger partial charge in [0.1, 0.15) is 0 Å². The van der Waals surface area contributed by atoms with Crippen molar-refractivity contribution in [3.8, 4) is 0 Å². The van der Waals surface area contributed by atoms with E-state index in [9.17, 15) is 9.59 Å². The standard InChI is InChI=1S/C27H27BrN4O2/c1-31(27(34)20-11-8-12-21(28)18-20)22(17-19-9-4-3-5-10-19)15-16-29-26(33)25-30-23-13-6-7-14-24(23)32(25)2/h3-14,18,22H,15-17H2,1-2H3,(H,29,33)/t22-/m1/s1. The average molecular weight is 519 g/mol. The van der Waals surface area contributed by atoms with Gasteiger partial charge < -0.3 is 14.8 Å². The number of para-hydroxylation sites is 2. The van der Waals surface area contributed by atoms with Crippen molar-refractivity contribution in [2.24, 2.45) is 7.05 Å². The van der Waals surface area contributed by atoms with Crippen LogP contribution < -0.4 is 5.32 Å². The number of rotatable bonds is 8. The van der Waals surface area contributed by atoms with Gasteiger partial charge >= 0.3 is 0 Å². The molecule has 1 heterocycles. The molecular weight excluding hydrogens is 492 g/mol. The number of benzene rings is 3. The molecule has 0 unspecified atom stereocenters. The zero-order valence-corrected chi connectivity index (χ0v) is 20.8. The molecule has 3 aromatic carbocycles. The molecular formula is C27H27BrN4O2. The summed E-state index contributed by atoms with van der Waals surface area (Å²) in [5, 5.41) is 2.99. The van der Waals surface area contributed by atoms with Crippen molar-refractivity contribution in [1.29, 1.82) is 0 Å². The van der Waals surface area contributed by atoms with Crippen LogP contribution in [0.1, 0.15) is 33.0 Å². The number of aromatic nitrogens is 2. The van der Waals surface area contributed by atoms with Gasteiger partial charge in [0.2, 0.25) is 0 Å². The molecule has 7 heteroatoms. The van der Waals surface area contributed by atoms with E-state index in [-0.39, 0.29) is 17.9 Å². The Morgan fingerprint density at radius 2 is 1.76 bits per heavy atom. The summed E-state index contributed by atoms with van der Waals surface area (Å²) in [5.74, 6) is 0.0985. The second-order valence-electron chi connectivity index (χ2n) is 8.30. The van der Waals surface area contributed by atoms with Crippen LogP contribution in [0.2, 0.25) is 0 Å². The molecule has 0 aliphatic heterocycles. The van der Waals surface area contributed by atoms with Crippen LogP contribution in [0.3, 0.4) is 0 Å². The topological polar surface area (TPSA) is 67.2 Å². The average Bonchev–Trinajstić information content (AvgIpc) is 3.19. The first-order valence-electron chi connectivity index (χ1n) is 11.2. The number of hydrogen-bond acceptors (Lipinski definition) is 3. The highest BCUT2D eigenvalue weighted by molar-refractivity contribution is 9.10. The van der Waals surface area contributed by atoms with Crippen molar-refractivity contribution in [2.45, 2.75) is 18.9 Å². The quantitative estimate of drug-likeness (QED) is 0.363. The molecule has 0 saturated carbocycles. The van der Waals surface area contributed by atoms with Gasteiger partial charge in [0.25, 0.3) is 11.8 Å². The number of imidazole rings is 1. The third-order valence-corrected chi connectivity index (χ3v) is 6.50. The number of nitrogens with one attached hydrogen (secondary N) is 1. The monoisotopic (exact) mass is 518 g/mol. The van der Waals surface area contributed by atoms with Gasteiger partial charge in [-0.25, -0.2) is 4.98 Å². The second-order valence-corrected chi connectivity index (χ2v) is 9.21. The van der Waals surface area contributed by atoms with Crippen LogP contribution >= 0.6 is 15.9 Å². The Hall–Kier alpha value is -3.45. The largest absolute Gasteiger partial charge is 0.349 e. The number of nitrogens with zero attached hydrogens (tertiary/aromatic N) is 3. The van der Waals surface area contributed by atoms with Crippen molar-refractivity contribution >= 4 is 38.8 Å². The molecule has 34 heavy (non-hydrogen) atoms. The highest BCUT2D eigenvalue weighted by Crippen LogP contribution is 2.18. The molecule has 174 valence electrons. The third kappa shape index (κ3) is 5.37. The van der Waals surface area contributed by atoms with E-state index in [0.29, 0.717) is 30.8 Å². The van der Waals surface area contributed by atoms with Crippen molar-refractivity contribution in [2.75, 3.05) is 13.6 Å². The Kier molecular flexibility index (Phi) is 7.43. The van der Waals surface area contributed by atoms with Gasteiger partial charge in [0, 0.05) is 36.7 Å². The molecule has 4 aromatic rings. The summed E-state index contributed by atoms with van der Waals surface area (Å²) in [5.41, 5.74) is 3.46. The van der Waals surface area contributed by atoms with Crippen LogP contribution in [0.15, 0.2) is 83.3 Å². The van der Waals surface area contributed by atoms with E-state index >= 15 is 0 Å². The fourth-order valence-corrected chi connectivity index (χ4v) is 4.49. The van der Waals surface area contributed by atoms with Crippen molar-refractivity contribution in [1.82, 2.24) is 19.8 Å². The molecule has 0 aliphatic carbocycles. The summed E-state index contributed by atoms with van der Waals surface area (Å²) in [6.07, 6.45) is 1.31. The van der Waals surface area contributed by atoms with E-state index in [1.54, 1.807) is 9.47 Å². The van der Waals surface area contributed by atoms with Crippen LogP contribution in [-0.2, 0) is 13.5 Å². The zero-order valence-electron chi connectivity index (χ0n) is 19.2. The molecule has 0 saturated heterocycles. The summed E-state index contributed by atoms with van der Waals surface area (Å²) in [6.45, 7) is 0.426. The van der Waals surface area contributed by atoms with E-state index in [0.717, 1.165) is 21.1 Å². The van der Waals surface area contributed by atoms with Crippen LogP contribution in [0.4, 0.5) is 0 Å². The maximum Gasteiger partial charge on any atom is 0.287 e. The van der Waals surface area contributed by atoms with Crippen LogP contribution in [0.25, 0.3) is 11.0 Å². The minimum atomic E-state index is -0.224. The molecule has 2 amide bonds. The summed E-state index contributed by atoms with van der Waals surface area (Å²) in [4.78, 5) is 32.3. The number of carbonyl (C=O) groups excluding carboxylic acids is 2. The first kappa shape index (κ1) is 23.7. The number of hydrogen-bond donors (Lipinski definition) is 1. The molecule has 0 fully saturated rings. The maximum absolute atomic E-state index is 13.2. The molecule has 6 nitrogen and oxygen atoms in total. The smallest absolute Gasteiger partial charge is 0.287 e. The van der Waals surface area contributed by atoms with Gasteiger partial charge in [-0.1, -0.05) is 64.5 Å². The van der Waals surface area contributed by atoms with Crippen LogP contribution in [-0.4, -0.2) is 45.9 Å². The Morgan fingerprint density at radius 1 is 1.03 bits per heavy atom. The highest BCUT2D eigenvalue weighted by atomic mass is 79.9. The lowest BCUT2D eigenvalue weighted by atomic mass is 10.0. The van der Waals surface area contributed by atoms with E-state index in [4.69, 9.17) is 0 Å². The van der Waals surface area contributed by atoms with Crippen molar-refractivity contribution < 1.29 is 9.59 Å². The summed E-state index contributed by atoms with van der Waals surface area (Å²) < 4.78 is 2.66. The second kappa shape index (κ2) is 10.7. The van der Waals surface area contributed by atoms with Gasteiger partial charge in [-0.05, 0) is 48.7 Å². The van der Waals surface area contributed by atoms with Crippen LogP contribution in [0.5, 0.6) is 0 Å². The number of halogens is 1. The van der Waals surface area contributed by atoms with Gasteiger partial charge in [-0.15, -0.1) is 0 Å². The summed E-state index contributed by atoms with van der Waals surface area (Å²) >= 11 is 3.44. The summed E-state index contributed by atoms with van der Waals surface area (Å²) in [7, 11) is 3.66. The fourth-order valence-electron chi connectivity index (χ4n) is 4.09. The molecule has 1 atom stereocenters. The fraction of sp³-hybridized carbons (Fsp3) is 0.222. The lowest BCUT2D eigenvalue weighted by Crippen LogP contribution is -2.41. The number of likely N-dealkylation sites (N-methyl/N-ethyl adjacent to an activating group) is 1. The first-order valence-corrected chi connectivity index (χ1v) is 12.0. The SMILES string of the molecule is CN(C(=O)c1cccc(Br)c1)[C@H](CCNC(=O)c1nc2ccccc2n1C)Cc1ccccc1. The predicted molar refractivity (Wildman–Crippen MR) is 138 cm³/mol. The first-order chi connectivity index (χ1) is 16.4. The molecule has 1 N–H and O–H groups in total. The van der Waals surface area contributed by atoms with Gasteiger partial charge in [0.15, 0.2) is 5.82 Å². The molecule has 0 radical (unpaired) electrons. The molecule has 0 bridgehead atoms. The molecule has 4 rings (SSSR count). The molecule has 0 aliphatic rings. The zero-order chi connectivity index (χ0) is 24.1. The third-order valence-electron chi connectivity index (χ3n) is 6.01. The number of aryl methyl sites for hydroxylation is 1. The Balaban J connectivity index is 1.47. The van der Waals surface area contributed by atoms with E-state index < -0.39 is 0 Å². The molecule has 0 spiro atoms. The lowest BCUT2D eigenvalue weighted by Gasteiger charge is -2.29. The van der Waals surface area contributed by atoms with Gasteiger partial charge in [0.05, 0.1) is 11.0 Å². The Labute approximate surface area is 207 Å².